The van der Waals surface area contributed by atoms with Crippen LogP contribution in [0.2, 0.25) is 0 Å². The predicted octanol–water partition coefficient (Wildman–Crippen LogP) is 3.48. The molecule has 5 heteroatoms. The number of carbonyl (C=O) groups excluding carboxylic acids is 1. The van der Waals surface area contributed by atoms with Crippen molar-refractivity contribution in [3.63, 3.8) is 0 Å². The minimum absolute atomic E-state index is 0.110. The minimum Gasteiger partial charge on any atom is -0.508 e. The van der Waals surface area contributed by atoms with Gasteiger partial charge < -0.3 is 15.1 Å². The van der Waals surface area contributed by atoms with Crippen molar-refractivity contribution in [1.29, 1.82) is 0 Å². The Kier molecular flexibility index (Phi) is 5.08. The van der Waals surface area contributed by atoms with Crippen LogP contribution in [0.15, 0.2) is 40.9 Å². The second-order valence-electron chi connectivity index (χ2n) is 5.26. The molecule has 2 N–H and O–H groups in total. The van der Waals surface area contributed by atoms with Crippen molar-refractivity contribution < 1.29 is 15.0 Å². The number of rotatable bonds is 4. The van der Waals surface area contributed by atoms with Gasteiger partial charge >= 0.3 is 0 Å². The summed E-state index contributed by atoms with van der Waals surface area (Å²) in [6.07, 6.45) is 0.692. The molecule has 0 aliphatic rings. The Morgan fingerprint density at radius 3 is 2.45 bits per heavy atom. The van der Waals surface area contributed by atoms with Gasteiger partial charge in [-0.25, -0.2) is 0 Å². The van der Waals surface area contributed by atoms with Crippen LogP contribution in [0.5, 0.6) is 11.5 Å². The average molecular weight is 364 g/mol. The molecule has 116 valence electrons. The Morgan fingerprint density at radius 2 is 1.82 bits per heavy atom. The number of aryl methyl sites for hydroxylation is 1. The van der Waals surface area contributed by atoms with E-state index in [-0.39, 0.29) is 17.4 Å². The van der Waals surface area contributed by atoms with E-state index in [4.69, 9.17) is 0 Å². The summed E-state index contributed by atoms with van der Waals surface area (Å²) in [5.41, 5.74) is 2.20. The summed E-state index contributed by atoms with van der Waals surface area (Å²) in [4.78, 5) is 14.1. The topological polar surface area (TPSA) is 60.8 Å². The fraction of sp³-hybridized carbons (Fsp3) is 0.235. The SMILES string of the molecule is Cc1cc(Br)c(C(=O)N(C)CCc2ccc(O)cc2)cc1O. The van der Waals surface area contributed by atoms with E-state index in [1.165, 1.54) is 6.07 Å². The number of likely N-dealkylation sites (N-methyl/N-ethyl adjacent to an activating group) is 1. The van der Waals surface area contributed by atoms with Crippen LogP contribution >= 0.6 is 15.9 Å². The third kappa shape index (κ3) is 3.80. The average Bonchev–Trinajstić information content (AvgIpc) is 2.49. The molecule has 2 rings (SSSR count). The highest BCUT2D eigenvalue weighted by Crippen LogP contribution is 2.26. The summed E-state index contributed by atoms with van der Waals surface area (Å²) in [6, 6.07) is 10.1. The van der Waals surface area contributed by atoms with E-state index in [9.17, 15) is 15.0 Å². The van der Waals surface area contributed by atoms with Gasteiger partial charge in [0.2, 0.25) is 0 Å². The summed E-state index contributed by atoms with van der Waals surface area (Å²) in [6.45, 7) is 2.33. The lowest BCUT2D eigenvalue weighted by Crippen LogP contribution is -2.29. The summed E-state index contributed by atoms with van der Waals surface area (Å²) in [7, 11) is 1.73. The molecule has 0 atom stereocenters. The molecular formula is C17H18BrNO3. The van der Waals surface area contributed by atoms with Gasteiger partial charge in [-0.3, -0.25) is 4.79 Å². The highest BCUT2D eigenvalue weighted by molar-refractivity contribution is 9.10. The van der Waals surface area contributed by atoms with Crippen LogP contribution in [-0.4, -0.2) is 34.6 Å². The molecule has 22 heavy (non-hydrogen) atoms. The zero-order chi connectivity index (χ0) is 16.3. The number of benzene rings is 2. The first-order valence-corrected chi connectivity index (χ1v) is 7.70. The number of hydrogen-bond acceptors (Lipinski definition) is 3. The molecule has 0 aliphatic heterocycles. The Bertz CT molecular complexity index is 683. The van der Waals surface area contributed by atoms with Crippen LogP contribution in [0.25, 0.3) is 0 Å². The molecule has 0 bridgehead atoms. The number of aromatic hydroxyl groups is 2. The molecular weight excluding hydrogens is 346 g/mol. The molecule has 1 amide bonds. The zero-order valence-electron chi connectivity index (χ0n) is 12.5. The lowest BCUT2D eigenvalue weighted by molar-refractivity contribution is 0.0795. The van der Waals surface area contributed by atoms with Crippen molar-refractivity contribution in [2.75, 3.05) is 13.6 Å². The summed E-state index contributed by atoms with van der Waals surface area (Å²) < 4.78 is 0.671. The van der Waals surface area contributed by atoms with Crippen LogP contribution < -0.4 is 0 Å². The number of phenols is 2. The first kappa shape index (κ1) is 16.4. The van der Waals surface area contributed by atoms with Gasteiger partial charge in [-0.05, 0) is 64.7 Å². The van der Waals surface area contributed by atoms with Crippen molar-refractivity contribution in [3.05, 3.63) is 57.6 Å². The van der Waals surface area contributed by atoms with Gasteiger partial charge in [0.15, 0.2) is 0 Å². The van der Waals surface area contributed by atoms with Crippen LogP contribution in [0.3, 0.4) is 0 Å². The van der Waals surface area contributed by atoms with Gasteiger partial charge in [-0.15, -0.1) is 0 Å². The van der Waals surface area contributed by atoms with Crippen LogP contribution in [0.1, 0.15) is 21.5 Å². The number of nitrogens with zero attached hydrogens (tertiary/aromatic N) is 1. The monoisotopic (exact) mass is 363 g/mol. The maximum absolute atomic E-state index is 12.4. The van der Waals surface area contributed by atoms with E-state index in [0.29, 0.717) is 23.0 Å². The van der Waals surface area contributed by atoms with Crippen LogP contribution in [0.4, 0.5) is 0 Å². The van der Waals surface area contributed by atoms with Crippen LogP contribution in [-0.2, 0) is 6.42 Å². The van der Waals surface area contributed by atoms with E-state index in [1.54, 1.807) is 37.1 Å². The third-order valence-corrected chi connectivity index (χ3v) is 4.19. The second kappa shape index (κ2) is 6.83. The Labute approximate surface area is 138 Å². The molecule has 0 unspecified atom stereocenters. The molecule has 2 aromatic rings. The first-order chi connectivity index (χ1) is 10.4. The number of halogens is 1. The van der Waals surface area contributed by atoms with Crippen LogP contribution in [0, 0.1) is 6.92 Å². The Hall–Kier alpha value is -2.01. The fourth-order valence-electron chi connectivity index (χ4n) is 2.09. The van der Waals surface area contributed by atoms with Gasteiger partial charge in [0.05, 0.1) is 5.56 Å². The smallest absolute Gasteiger partial charge is 0.254 e. The lowest BCUT2D eigenvalue weighted by atomic mass is 10.1. The van der Waals surface area contributed by atoms with Gasteiger partial charge in [-0.2, -0.15) is 0 Å². The molecule has 0 spiro atoms. The fourth-order valence-corrected chi connectivity index (χ4v) is 2.72. The van der Waals surface area contributed by atoms with Crippen molar-refractivity contribution in [2.45, 2.75) is 13.3 Å². The Balaban J connectivity index is 2.06. The molecule has 0 radical (unpaired) electrons. The van der Waals surface area contributed by atoms with E-state index in [1.807, 2.05) is 12.1 Å². The summed E-state index contributed by atoms with van der Waals surface area (Å²) >= 11 is 3.37. The number of hydrogen-bond donors (Lipinski definition) is 2. The minimum atomic E-state index is -0.152. The van der Waals surface area contributed by atoms with E-state index in [2.05, 4.69) is 15.9 Å². The van der Waals surface area contributed by atoms with Crippen molar-refractivity contribution in [2.24, 2.45) is 0 Å². The maximum Gasteiger partial charge on any atom is 0.254 e. The summed E-state index contributed by atoms with van der Waals surface area (Å²) in [5, 5.41) is 19.0. The van der Waals surface area contributed by atoms with Crippen molar-refractivity contribution in [1.82, 2.24) is 4.90 Å². The zero-order valence-corrected chi connectivity index (χ0v) is 14.1. The molecule has 0 fully saturated rings. The molecule has 2 aromatic carbocycles. The normalized spacial score (nSPS) is 10.5. The molecule has 0 aliphatic carbocycles. The molecule has 4 nitrogen and oxygen atoms in total. The quantitative estimate of drug-likeness (QED) is 0.873. The van der Waals surface area contributed by atoms with Gasteiger partial charge in [-0.1, -0.05) is 12.1 Å². The van der Waals surface area contributed by atoms with Gasteiger partial charge in [0.25, 0.3) is 5.91 Å². The second-order valence-corrected chi connectivity index (χ2v) is 6.12. The predicted molar refractivity (Wildman–Crippen MR) is 89.3 cm³/mol. The van der Waals surface area contributed by atoms with E-state index < -0.39 is 0 Å². The first-order valence-electron chi connectivity index (χ1n) is 6.91. The lowest BCUT2D eigenvalue weighted by Gasteiger charge is -2.18. The summed E-state index contributed by atoms with van der Waals surface area (Å²) in [5.74, 6) is 0.187. The standard InChI is InChI=1S/C17H18BrNO3/c1-11-9-15(18)14(10-16(11)21)17(22)19(2)8-7-12-3-5-13(20)6-4-12/h3-6,9-10,20-21H,7-8H2,1-2H3. The van der Waals surface area contributed by atoms with E-state index in [0.717, 1.165) is 11.1 Å². The largest absolute Gasteiger partial charge is 0.508 e. The maximum atomic E-state index is 12.4. The number of phenolic OH excluding ortho intramolecular Hbond substituents is 2. The highest BCUT2D eigenvalue weighted by atomic mass is 79.9. The van der Waals surface area contributed by atoms with Crippen molar-refractivity contribution in [3.8, 4) is 11.5 Å². The highest BCUT2D eigenvalue weighted by Gasteiger charge is 2.16. The van der Waals surface area contributed by atoms with Gasteiger partial charge in [0, 0.05) is 18.1 Å². The third-order valence-electron chi connectivity index (χ3n) is 3.53. The molecule has 0 aromatic heterocycles. The molecule has 0 heterocycles. The molecule has 0 saturated carbocycles. The number of carbonyl (C=O) groups is 1. The number of amides is 1. The molecule has 0 saturated heterocycles. The van der Waals surface area contributed by atoms with Crippen molar-refractivity contribution >= 4 is 21.8 Å². The Morgan fingerprint density at radius 1 is 1.18 bits per heavy atom. The van der Waals surface area contributed by atoms with Gasteiger partial charge in [0.1, 0.15) is 11.5 Å². The van der Waals surface area contributed by atoms with E-state index >= 15 is 0 Å².